The molecule has 1 aliphatic heterocycles. The van der Waals surface area contributed by atoms with Crippen LogP contribution in [0.25, 0.3) is 0 Å². The number of amides is 2. The summed E-state index contributed by atoms with van der Waals surface area (Å²) in [5.74, 6) is 0.841. The normalized spacial score (nSPS) is 29.3. The maximum absolute atomic E-state index is 12.4. The number of nitrogens with zero attached hydrogens (tertiary/aromatic N) is 2. The molecule has 3 unspecified atom stereocenters. The molecular weight excluding hydrogens is 270 g/mol. The van der Waals surface area contributed by atoms with E-state index in [1.54, 1.807) is 4.90 Å². The molecule has 2 N–H and O–H groups in total. The van der Waals surface area contributed by atoms with E-state index >= 15 is 0 Å². The van der Waals surface area contributed by atoms with Gasteiger partial charge in [0.25, 0.3) is 0 Å². The van der Waals surface area contributed by atoms with Crippen molar-refractivity contribution in [1.29, 1.82) is 0 Å². The number of rotatable bonds is 2. The largest absolute Gasteiger partial charge is 0.444 e. The van der Waals surface area contributed by atoms with Crippen LogP contribution in [0.5, 0.6) is 0 Å². The summed E-state index contributed by atoms with van der Waals surface area (Å²) in [6.07, 6.45) is 0.649. The topological polar surface area (TPSA) is 75.9 Å². The third kappa shape index (κ3) is 3.87. The van der Waals surface area contributed by atoms with Crippen molar-refractivity contribution in [3.05, 3.63) is 0 Å². The molecule has 0 aromatic rings. The standard InChI is InChI=1S/C15H27N3O3/c1-10-7-12(10)13(19)18-6-5-17(9-11(18)8-16)14(20)21-15(2,3)4/h10-12H,5-9,16H2,1-4H3. The van der Waals surface area contributed by atoms with Crippen molar-refractivity contribution < 1.29 is 14.3 Å². The number of nitrogens with two attached hydrogens (primary N) is 1. The second-order valence-electron chi connectivity index (χ2n) is 7.17. The van der Waals surface area contributed by atoms with Crippen molar-refractivity contribution in [3.8, 4) is 0 Å². The molecule has 2 fully saturated rings. The van der Waals surface area contributed by atoms with Crippen molar-refractivity contribution >= 4 is 12.0 Å². The van der Waals surface area contributed by atoms with Crippen molar-refractivity contribution in [2.45, 2.75) is 45.8 Å². The molecule has 3 atom stereocenters. The Hall–Kier alpha value is -1.30. The summed E-state index contributed by atoms with van der Waals surface area (Å²) < 4.78 is 5.39. The summed E-state index contributed by atoms with van der Waals surface area (Å²) in [4.78, 5) is 28.0. The van der Waals surface area contributed by atoms with Crippen LogP contribution in [-0.2, 0) is 9.53 Å². The van der Waals surface area contributed by atoms with E-state index in [2.05, 4.69) is 6.92 Å². The summed E-state index contributed by atoms with van der Waals surface area (Å²) in [5.41, 5.74) is 5.30. The lowest BCUT2D eigenvalue weighted by Gasteiger charge is -2.41. The van der Waals surface area contributed by atoms with E-state index in [1.165, 1.54) is 0 Å². The first-order valence-electron chi connectivity index (χ1n) is 7.71. The number of ether oxygens (including phenoxy) is 1. The monoisotopic (exact) mass is 297 g/mol. The van der Waals surface area contributed by atoms with Gasteiger partial charge in [0, 0.05) is 32.1 Å². The number of hydrogen-bond donors (Lipinski definition) is 1. The van der Waals surface area contributed by atoms with Crippen LogP contribution in [0.2, 0.25) is 0 Å². The molecule has 0 bridgehead atoms. The molecule has 21 heavy (non-hydrogen) atoms. The van der Waals surface area contributed by atoms with Crippen LogP contribution in [-0.4, -0.2) is 59.6 Å². The van der Waals surface area contributed by atoms with Crippen molar-refractivity contribution in [1.82, 2.24) is 9.80 Å². The van der Waals surface area contributed by atoms with Gasteiger partial charge < -0.3 is 20.3 Å². The van der Waals surface area contributed by atoms with Gasteiger partial charge in [-0.3, -0.25) is 4.79 Å². The lowest BCUT2D eigenvalue weighted by atomic mass is 10.1. The Morgan fingerprint density at radius 1 is 1.29 bits per heavy atom. The summed E-state index contributed by atoms with van der Waals surface area (Å²) >= 11 is 0. The number of hydrogen-bond acceptors (Lipinski definition) is 4. The van der Waals surface area contributed by atoms with Crippen LogP contribution < -0.4 is 5.73 Å². The Morgan fingerprint density at radius 2 is 1.90 bits per heavy atom. The molecule has 0 radical (unpaired) electrons. The molecule has 2 aliphatic rings. The zero-order valence-electron chi connectivity index (χ0n) is 13.5. The molecular formula is C15H27N3O3. The first-order chi connectivity index (χ1) is 9.73. The van der Waals surface area contributed by atoms with Crippen molar-refractivity contribution in [2.24, 2.45) is 17.6 Å². The van der Waals surface area contributed by atoms with Crippen LogP contribution in [0.4, 0.5) is 4.79 Å². The van der Waals surface area contributed by atoms with Gasteiger partial charge >= 0.3 is 6.09 Å². The summed E-state index contributed by atoms with van der Waals surface area (Å²) in [7, 11) is 0. The van der Waals surface area contributed by atoms with Gasteiger partial charge in [-0.05, 0) is 33.1 Å². The van der Waals surface area contributed by atoms with Gasteiger partial charge in [-0.25, -0.2) is 4.79 Å². The zero-order chi connectivity index (χ0) is 15.8. The van der Waals surface area contributed by atoms with E-state index in [-0.39, 0.29) is 24.0 Å². The second kappa shape index (κ2) is 5.83. The predicted molar refractivity (Wildman–Crippen MR) is 79.6 cm³/mol. The highest BCUT2D eigenvalue weighted by Crippen LogP contribution is 2.39. The molecule has 0 aromatic heterocycles. The van der Waals surface area contributed by atoms with Gasteiger partial charge in [0.15, 0.2) is 0 Å². The number of carbonyl (C=O) groups excluding carboxylic acids is 2. The van der Waals surface area contributed by atoms with Crippen LogP contribution in [0.1, 0.15) is 34.1 Å². The van der Waals surface area contributed by atoms with E-state index in [1.807, 2.05) is 25.7 Å². The average Bonchev–Trinajstić information content (AvgIpc) is 3.12. The highest BCUT2D eigenvalue weighted by atomic mass is 16.6. The lowest BCUT2D eigenvalue weighted by Crippen LogP contribution is -2.59. The Bertz CT molecular complexity index is 419. The molecule has 6 heteroatoms. The fourth-order valence-electron chi connectivity index (χ4n) is 2.72. The Morgan fingerprint density at radius 3 is 2.38 bits per heavy atom. The molecule has 1 saturated carbocycles. The zero-order valence-corrected chi connectivity index (χ0v) is 13.5. The minimum Gasteiger partial charge on any atom is -0.444 e. The van der Waals surface area contributed by atoms with Gasteiger partial charge in [-0.1, -0.05) is 6.92 Å². The third-order valence-electron chi connectivity index (χ3n) is 4.12. The fourth-order valence-corrected chi connectivity index (χ4v) is 2.72. The van der Waals surface area contributed by atoms with Gasteiger partial charge in [0.2, 0.25) is 5.91 Å². The van der Waals surface area contributed by atoms with Crippen LogP contribution >= 0.6 is 0 Å². The van der Waals surface area contributed by atoms with Gasteiger partial charge in [0.1, 0.15) is 5.60 Å². The highest BCUT2D eigenvalue weighted by molar-refractivity contribution is 5.82. The molecule has 6 nitrogen and oxygen atoms in total. The molecule has 0 spiro atoms. The molecule has 1 aliphatic carbocycles. The van der Waals surface area contributed by atoms with E-state index in [9.17, 15) is 9.59 Å². The van der Waals surface area contributed by atoms with E-state index in [0.717, 1.165) is 6.42 Å². The Balaban J connectivity index is 1.95. The smallest absolute Gasteiger partial charge is 0.410 e. The average molecular weight is 297 g/mol. The lowest BCUT2D eigenvalue weighted by molar-refractivity contribution is -0.137. The molecule has 1 heterocycles. The maximum Gasteiger partial charge on any atom is 0.410 e. The molecule has 0 aromatic carbocycles. The molecule has 2 amide bonds. The minimum atomic E-state index is -0.508. The quantitative estimate of drug-likeness (QED) is 0.826. The predicted octanol–water partition coefficient (Wildman–Crippen LogP) is 1.05. The van der Waals surface area contributed by atoms with E-state index in [0.29, 0.717) is 32.1 Å². The first kappa shape index (κ1) is 16.1. The SMILES string of the molecule is CC1CC1C(=O)N1CCN(C(=O)OC(C)(C)C)CC1CN. The fraction of sp³-hybridized carbons (Fsp3) is 0.867. The highest BCUT2D eigenvalue weighted by Gasteiger charge is 2.44. The van der Waals surface area contributed by atoms with E-state index < -0.39 is 5.60 Å². The minimum absolute atomic E-state index is 0.105. The summed E-state index contributed by atoms with van der Waals surface area (Å²) in [6.45, 7) is 9.52. The van der Waals surface area contributed by atoms with Crippen LogP contribution in [0, 0.1) is 11.8 Å². The summed E-state index contributed by atoms with van der Waals surface area (Å²) in [6, 6.07) is -0.105. The van der Waals surface area contributed by atoms with Crippen LogP contribution in [0.15, 0.2) is 0 Å². The Kier molecular flexibility index (Phi) is 4.46. The van der Waals surface area contributed by atoms with Crippen molar-refractivity contribution in [3.63, 3.8) is 0 Å². The van der Waals surface area contributed by atoms with Gasteiger partial charge in [-0.15, -0.1) is 0 Å². The van der Waals surface area contributed by atoms with Crippen LogP contribution in [0.3, 0.4) is 0 Å². The first-order valence-corrected chi connectivity index (χ1v) is 7.71. The third-order valence-corrected chi connectivity index (χ3v) is 4.12. The van der Waals surface area contributed by atoms with Gasteiger partial charge in [0.05, 0.1) is 6.04 Å². The maximum atomic E-state index is 12.4. The summed E-state index contributed by atoms with van der Waals surface area (Å²) in [5, 5.41) is 0. The molecule has 1 saturated heterocycles. The number of piperazine rings is 1. The molecule has 120 valence electrons. The number of carbonyl (C=O) groups is 2. The van der Waals surface area contributed by atoms with E-state index in [4.69, 9.17) is 10.5 Å². The van der Waals surface area contributed by atoms with Crippen molar-refractivity contribution in [2.75, 3.05) is 26.2 Å². The molecule has 2 rings (SSSR count). The Labute approximate surface area is 126 Å². The van der Waals surface area contributed by atoms with Gasteiger partial charge in [-0.2, -0.15) is 0 Å². The second-order valence-corrected chi connectivity index (χ2v) is 7.17.